The van der Waals surface area contributed by atoms with Gasteiger partial charge in [0.15, 0.2) is 0 Å². The van der Waals surface area contributed by atoms with Crippen LogP contribution >= 0.6 is 0 Å². The third-order valence-electron chi connectivity index (χ3n) is 4.38. The highest BCUT2D eigenvalue weighted by molar-refractivity contribution is 5.87. The lowest BCUT2D eigenvalue weighted by molar-refractivity contribution is -0.125. The van der Waals surface area contributed by atoms with Crippen molar-refractivity contribution >= 4 is 17.7 Å². The number of aromatic carboxylic acids is 1. The number of nitrogens with one attached hydrogen (secondary N) is 1. The number of aromatic nitrogens is 2. The molecule has 0 saturated carbocycles. The van der Waals surface area contributed by atoms with Crippen molar-refractivity contribution in [2.75, 3.05) is 18.0 Å². The first-order valence-electron chi connectivity index (χ1n) is 8.24. The maximum absolute atomic E-state index is 12.4. The van der Waals surface area contributed by atoms with Crippen molar-refractivity contribution < 1.29 is 14.7 Å². The maximum atomic E-state index is 12.4. The van der Waals surface area contributed by atoms with E-state index in [0.29, 0.717) is 6.54 Å². The van der Waals surface area contributed by atoms with Crippen molar-refractivity contribution in [2.45, 2.75) is 19.4 Å². The average Bonchev–Trinajstić information content (AvgIpc) is 2.67. The molecule has 1 saturated heterocycles. The summed E-state index contributed by atoms with van der Waals surface area (Å²) in [7, 11) is 0. The lowest BCUT2D eigenvalue weighted by atomic mass is 9.96. The summed E-state index contributed by atoms with van der Waals surface area (Å²) in [5.74, 6) is -0.147. The molecular formula is C18H20N4O3. The predicted octanol–water partition coefficient (Wildman–Crippen LogP) is 1.71. The molecule has 0 unspecified atom stereocenters. The molecule has 0 bridgehead atoms. The lowest BCUT2D eigenvalue weighted by Gasteiger charge is -2.31. The predicted molar refractivity (Wildman–Crippen MR) is 92.2 cm³/mol. The van der Waals surface area contributed by atoms with E-state index in [1.807, 2.05) is 6.07 Å². The highest BCUT2D eigenvalue weighted by atomic mass is 16.4. The molecule has 7 heteroatoms. The molecule has 25 heavy (non-hydrogen) atoms. The topological polar surface area (TPSA) is 95.4 Å². The van der Waals surface area contributed by atoms with Gasteiger partial charge in [-0.1, -0.05) is 12.1 Å². The van der Waals surface area contributed by atoms with Gasteiger partial charge in [-0.25, -0.2) is 9.78 Å². The molecule has 130 valence electrons. The summed E-state index contributed by atoms with van der Waals surface area (Å²) in [6.07, 6.45) is 6.56. The van der Waals surface area contributed by atoms with Gasteiger partial charge < -0.3 is 15.3 Å². The number of carbonyl (C=O) groups excluding carboxylic acids is 1. The van der Waals surface area contributed by atoms with Crippen LogP contribution in [0.2, 0.25) is 0 Å². The Bertz CT molecular complexity index is 743. The molecule has 1 aliphatic heterocycles. The lowest BCUT2D eigenvalue weighted by Crippen LogP contribution is -2.40. The number of amides is 1. The second-order valence-electron chi connectivity index (χ2n) is 6.05. The van der Waals surface area contributed by atoms with E-state index >= 15 is 0 Å². The number of hydrogen-bond donors (Lipinski definition) is 2. The summed E-state index contributed by atoms with van der Waals surface area (Å²) in [5.41, 5.74) is 1.01. The summed E-state index contributed by atoms with van der Waals surface area (Å²) in [5, 5.41) is 11.9. The number of anilines is 1. The van der Waals surface area contributed by atoms with Crippen LogP contribution in [0.25, 0.3) is 0 Å². The van der Waals surface area contributed by atoms with Crippen molar-refractivity contribution in [3.8, 4) is 0 Å². The highest BCUT2D eigenvalue weighted by Crippen LogP contribution is 2.21. The average molecular weight is 340 g/mol. The summed E-state index contributed by atoms with van der Waals surface area (Å²) in [4.78, 5) is 33.8. The fourth-order valence-electron chi connectivity index (χ4n) is 2.97. The van der Waals surface area contributed by atoms with Gasteiger partial charge >= 0.3 is 5.97 Å². The van der Waals surface area contributed by atoms with Gasteiger partial charge in [-0.2, -0.15) is 0 Å². The largest absolute Gasteiger partial charge is 0.478 e. The number of hydrogen-bond acceptors (Lipinski definition) is 5. The molecule has 0 spiro atoms. The Kier molecular flexibility index (Phi) is 5.23. The second-order valence-corrected chi connectivity index (χ2v) is 6.05. The minimum absolute atomic E-state index is 0.0134. The molecule has 1 fully saturated rings. The number of benzene rings is 1. The molecule has 0 aliphatic carbocycles. The molecule has 2 heterocycles. The van der Waals surface area contributed by atoms with Crippen LogP contribution in [0.4, 0.5) is 5.82 Å². The van der Waals surface area contributed by atoms with E-state index in [9.17, 15) is 9.59 Å². The summed E-state index contributed by atoms with van der Waals surface area (Å²) < 4.78 is 0. The Morgan fingerprint density at radius 2 is 2.04 bits per heavy atom. The SMILES string of the molecule is O=C(O)c1cccc(CNC(=O)C2CCN(c3cnccn3)CC2)c1. The molecule has 0 atom stereocenters. The molecular weight excluding hydrogens is 320 g/mol. The third-order valence-corrected chi connectivity index (χ3v) is 4.38. The number of rotatable bonds is 5. The molecule has 1 aromatic heterocycles. The number of carboxylic acid groups (broad SMARTS) is 1. The fourth-order valence-corrected chi connectivity index (χ4v) is 2.97. The Labute approximate surface area is 145 Å². The molecule has 0 radical (unpaired) electrons. The van der Waals surface area contributed by atoms with Gasteiger partial charge in [0.25, 0.3) is 0 Å². The van der Waals surface area contributed by atoms with Crippen molar-refractivity contribution in [1.82, 2.24) is 15.3 Å². The van der Waals surface area contributed by atoms with E-state index in [0.717, 1.165) is 37.3 Å². The summed E-state index contributed by atoms with van der Waals surface area (Å²) in [6.45, 7) is 1.88. The summed E-state index contributed by atoms with van der Waals surface area (Å²) in [6, 6.07) is 6.61. The molecule has 3 rings (SSSR count). The maximum Gasteiger partial charge on any atom is 0.335 e. The number of carboxylic acids is 1. The Balaban J connectivity index is 1.50. The van der Waals surface area contributed by atoms with Crippen LogP contribution in [0.3, 0.4) is 0 Å². The minimum atomic E-state index is -0.968. The van der Waals surface area contributed by atoms with Gasteiger partial charge in [-0.15, -0.1) is 0 Å². The summed E-state index contributed by atoms with van der Waals surface area (Å²) >= 11 is 0. The molecule has 2 aromatic rings. The van der Waals surface area contributed by atoms with Crippen molar-refractivity contribution in [3.63, 3.8) is 0 Å². The van der Waals surface area contributed by atoms with Gasteiger partial charge in [-0.3, -0.25) is 9.78 Å². The van der Waals surface area contributed by atoms with Crippen LogP contribution in [0, 0.1) is 5.92 Å². The zero-order valence-electron chi connectivity index (χ0n) is 13.8. The van der Waals surface area contributed by atoms with Crippen molar-refractivity contribution in [3.05, 3.63) is 54.0 Å². The van der Waals surface area contributed by atoms with Gasteiger partial charge in [0.1, 0.15) is 5.82 Å². The zero-order valence-corrected chi connectivity index (χ0v) is 13.8. The molecule has 1 amide bonds. The second kappa shape index (κ2) is 7.74. The molecule has 7 nitrogen and oxygen atoms in total. The van der Waals surface area contributed by atoms with Crippen LogP contribution in [0.15, 0.2) is 42.9 Å². The van der Waals surface area contributed by atoms with E-state index in [4.69, 9.17) is 5.11 Å². The van der Waals surface area contributed by atoms with Crippen LogP contribution in [0.1, 0.15) is 28.8 Å². The van der Waals surface area contributed by atoms with E-state index in [-0.39, 0.29) is 17.4 Å². The van der Waals surface area contributed by atoms with Crippen molar-refractivity contribution in [1.29, 1.82) is 0 Å². The number of nitrogens with zero attached hydrogens (tertiary/aromatic N) is 3. The van der Waals surface area contributed by atoms with Crippen molar-refractivity contribution in [2.24, 2.45) is 5.92 Å². The smallest absolute Gasteiger partial charge is 0.335 e. The minimum Gasteiger partial charge on any atom is -0.478 e. The first-order valence-corrected chi connectivity index (χ1v) is 8.24. The zero-order chi connectivity index (χ0) is 17.6. The first-order chi connectivity index (χ1) is 12.1. The number of piperidine rings is 1. The number of carbonyl (C=O) groups is 2. The van der Waals surface area contributed by atoms with E-state index in [2.05, 4.69) is 20.2 Å². The Morgan fingerprint density at radius 1 is 1.24 bits per heavy atom. The van der Waals surface area contributed by atoms with E-state index in [1.165, 1.54) is 6.07 Å². The van der Waals surface area contributed by atoms with E-state index < -0.39 is 5.97 Å². The van der Waals surface area contributed by atoms with Gasteiger partial charge in [-0.05, 0) is 30.5 Å². The standard InChI is InChI=1S/C18H20N4O3/c23-17(21-11-13-2-1-3-15(10-13)18(24)25)14-4-8-22(9-5-14)16-12-19-6-7-20-16/h1-3,6-7,10,12,14H,4-5,8-9,11H2,(H,21,23)(H,24,25). The molecule has 2 N–H and O–H groups in total. The fraction of sp³-hybridized carbons (Fsp3) is 0.333. The first kappa shape index (κ1) is 16.9. The van der Waals surface area contributed by atoms with Crippen LogP contribution < -0.4 is 10.2 Å². The Hall–Kier alpha value is -2.96. The Morgan fingerprint density at radius 3 is 2.72 bits per heavy atom. The van der Waals surface area contributed by atoms with Crippen LogP contribution in [-0.4, -0.2) is 40.0 Å². The van der Waals surface area contributed by atoms with Gasteiger partial charge in [0.05, 0.1) is 11.8 Å². The molecule has 1 aromatic carbocycles. The highest BCUT2D eigenvalue weighted by Gasteiger charge is 2.25. The monoisotopic (exact) mass is 340 g/mol. The quantitative estimate of drug-likeness (QED) is 0.860. The normalized spacial score (nSPS) is 15.0. The van der Waals surface area contributed by atoms with E-state index in [1.54, 1.807) is 30.7 Å². The molecule has 1 aliphatic rings. The van der Waals surface area contributed by atoms with Gasteiger partial charge in [0.2, 0.25) is 5.91 Å². The van der Waals surface area contributed by atoms with Crippen LogP contribution in [0.5, 0.6) is 0 Å². The van der Waals surface area contributed by atoms with Gasteiger partial charge in [0, 0.05) is 37.9 Å². The third kappa shape index (κ3) is 4.32. The van der Waals surface area contributed by atoms with Crippen LogP contribution in [-0.2, 0) is 11.3 Å².